The predicted molar refractivity (Wildman–Crippen MR) is 72.7 cm³/mol. The van der Waals surface area contributed by atoms with Gasteiger partial charge in [0.05, 0.1) is 33.0 Å². The lowest BCUT2D eigenvalue weighted by molar-refractivity contribution is 0.0194. The van der Waals surface area contributed by atoms with E-state index in [2.05, 4.69) is 11.8 Å². The number of benzene rings is 1. The molecule has 0 spiro atoms. The highest BCUT2D eigenvalue weighted by Gasteiger charge is 2.03. The van der Waals surface area contributed by atoms with Gasteiger partial charge in [-0.3, -0.25) is 0 Å². The fourth-order valence-electron chi connectivity index (χ4n) is 1.43. The fourth-order valence-corrected chi connectivity index (χ4v) is 1.43. The van der Waals surface area contributed by atoms with Crippen molar-refractivity contribution in [2.75, 3.05) is 40.1 Å². The highest BCUT2D eigenvalue weighted by molar-refractivity contribution is 5.36. The second-order valence-electron chi connectivity index (χ2n) is 3.92. The van der Waals surface area contributed by atoms with Crippen molar-refractivity contribution in [3.05, 3.63) is 35.1 Å². The molecule has 1 aromatic carbocycles. The van der Waals surface area contributed by atoms with Crippen LogP contribution in [0.15, 0.2) is 18.2 Å². The first-order valence-electron chi connectivity index (χ1n) is 6.30. The van der Waals surface area contributed by atoms with Gasteiger partial charge >= 0.3 is 0 Å². The molecular weight excluding hydrogens is 263 g/mol. The molecule has 0 saturated carbocycles. The van der Waals surface area contributed by atoms with Crippen LogP contribution in [0, 0.1) is 17.7 Å². The molecule has 0 amide bonds. The number of hydrogen-bond donors (Lipinski definition) is 1. The molecule has 1 aromatic rings. The summed E-state index contributed by atoms with van der Waals surface area (Å²) in [5.41, 5.74) is 1.000. The zero-order valence-corrected chi connectivity index (χ0v) is 11.5. The van der Waals surface area contributed by atoms with Gasteiger partial charge in [-0.15, -0.1) is 0 Å². The third-order valence-electron chi connectivity index (χ3n) is 2.43. The largest absolute Gasteiger partial charge is 0.384 e. The van der Waals surface area contributed by atoms with Gasteiger partial charge in [-0.2, -0.15) is 0 Å². The van der Waals surface area contributed by atoms with Crippen molar-refractivity contribution in [3.8, 4) is 11.8 Å². The molecule has 0 fully saturated rings. The van der Waals surface area contributed by atoms with Crippen LogP contribution in [0.1, 0.15) is 11.1 Å². The Balaban J connectivity index is 2.30. The Morgan fingerprint density at radius 1 is 1.15 bits per heavy atom. The molecular formula is C15H19FO4. The molecule has 0 saturated heterocycles. The molecule has 0 bridgehead atoms. The fraction of sp³-hybridized carbons (Fsp3) is 0.467. The molecule has 5 heteroatoms. The van der Waals surface area contributed by atoms with E-state index in [9.17, 15) is 4.39 Å². The average Bonchev–Trinajstić information content (AvgIpc) is 2.46. The Bertz CT molecular complexity index is 451. The van der Waals surface area contributed by atoms with Crippen LogP contribution in [0.3, 0.4) is 0 Å². The van der Waals surface area contributed by atoms with Crippen LogP contribution in [-0.4, -0.2) is 45.3 Å². The van der Waals surface area contributed by atoms with E-state index in [1.165, 1.54) is 6.07 Å². The molecule has 0 atom stereocenters. The van der Waals surface area contributed by atoms with Crippen LogP contribution in [0.25, 0.3) is 0 Å². The second kappa shape index (κ2) is 10.4. The number of halogens is 1. The second-order valence-corrected chi connectivity index (χ2v) is 3.92. The molecule has 4 nitrogen and oxygen atoms in total. The lowest BCUT2D eigenvalue weighted by Gasteiger charge is -2.06. The Morgan fingerprint density at radius 2 is 1.90 bits per heavy atom. The Hall–Kier alpha value is -1.45. The monoisotopic (exact) mass is 282 g/mol. The summed E-state index contributed by atoms with van der Waals surface area (Å²) in [6.45, 7) is 1.86. The Labute approximate surface area is 118 Å². The van der Waals surface area contributed by atoms with Gasteiger partial charge in [-0.1, -0.05) is 17.9 Å². The topological polar surface area (TPSA) is 47.9 Å². The quantitative estimate of drug-likeness (QED) is 0.577. The van der Waals surface area contributed by atoms with Crippen LogP contribution in [-0.2, 0) is 20.8 Å². The molecule has 0 heterocycles. The maximum absolute atomic E-state index is 13.7. The van der Waals surface area contributed by atoms with Gasteiger partial charge in [0.1, 0.15) is 12.4 Å². The molecule has 1 N–H and O–H groups in total. The van der Waals surface area contributed by atoms with Gasteiger partial charge in [0.25, 0.3) is 0 Å². The predicted octanol–water partition coefficient (Wildman–Crippen LogP) is 1.35. The number of methoxy groups -OCH3 is 1. The van der Waals surface area contributed by atoms with Crippen LogP contribution < -0.4 is 0 Å². The average molecular weight is 282 g/mol. The normalized spacial score (nSPS) is 10.2. The van der Waals surface area contributed by atoms with Gasteiger partial charge in [-0.25, -0.2) is 4.39 Å². The third-order valence-corrected chi connectivity index (χ3v) is 2.43. The van der Waals surface area contributed by atoms with Crippen molar-refractivity contribution in [1.29, 1.82) is 0 Å². The van der Waals surface area contributed by atoms with Crippen LogP contribution >= 0.6 is 0 Å². The molecule has 0 aromatic heterocycles. The molecule has 0 aliphatic heterocycles. The smallest absolute Gasteiger partial charge is 0.129 e. The van der Waals surface area contributed by atoms with Crippen molar-refractivity contribution < 1.29 is 23.7 Å². The zero-order valence-electron chi connectivity index (χ0n) is 11.5. The van der Waals surface area contributed by atoms with Gasteiger partial charge in [0, 0.05) is 18.2 Å². The van der Waals surface area contributed by atoms with E-state index in [4.69, 9.17) is 19.3 Å². The standard InChI is InChI=1S/C15H19FO4/c1-18-7-8-19-9-10-20-12-14-5-4-13(3-2-6-17)11-15(14)16/h4-5,11,17H,6-10,12H2,1H3. The van der Waals surface area contributed by atoms with Gasteiger partial charge in [0.2, 0.25) is 0 Å². The molecule has 110 valence electrons. The summed E-state index contributed by atoms with van der Waals surface area (Å²) in [4.78, 5) is 0. The number of aliphatic hydroxyl groups excluding tert-OH is 1. The summed E-state index contributed by atoms with van der Waals surface area (Å²) in [5, 5.41) is 8.57. The third kappa shape index (κ3) is 6.64. The highest BCUT2D eigenvalue weighted by Crippen LogP contribution is 2.11. The van der Waals surface area contributed by atoms with E-state index < -0.39 is 0 Å². The molecule has 0 radical (unpaired) electrons. The minimum absolute atomic E-state index is 0.188. The summed E-state index contributed by atoms with van der Waals surface area (Å²) in [7, 11) is 1.61. The first-order valence-corrected chi connectivity index (χ1v) is 6.30. The van der Waals surface area contributed by atoms with Gasteiger partial charge < -0.3 is 19.3 Å². The van der Waals surface area contributed by atoms with E-state index in [1.807, 2.05) is 0 Å². The first kappa shape index (κ1) is 16.6. The number of aliphatic hydroxyl groups is 1. The Kier molecular flexibility index (Phi) is 8.59. The van der Waals surface area contributed by atoms with E-state index in [0.29, 0.717) is 37.6 Å². The van der Waals surface area contributed by atoms with Gasteiger partial charge in [-0.05, 0) is 12.1 Å². The summed E-state index contributed by atoms with van der Waals surface area (Å²) in [6, 6.07) is 4.65. The number of ether oxygens (including phenoxy) is 3. The van der Waals surface area contributed by atoms with E-state index in [0.717, 1.165) is 0 Å². The minimum atomic E-state index is -0.366. The van der Waals surface area contributed by atoms with Crippen molar-refractivity contribution >= 4 is 0 Å². The zero-order chi connectivity index (χ0) is 14.6. The van der Waals surface area contributed by atoms with Crippen molar-refractivity contribution in [2.45, 2.75) is 6.61 Å². The SMILES string of the molecule is COCCOCCOCc1ccc(C#CCO)cc1F. The molecule has 0 aliphatic carbocycles. The molecule has 0 aliphatic rings. The summed E-state index contributed by atoms with van der Waals surface area (Å²) in [5.74, 6) is 4.75. The van der Waals surface area contributed by atoms with Crippen molar-refractivity contribution in [1.82, 2.24) is 0 Å². The van der Waals surface area contributed by atoms with Gasteiger partial charge in [0.15, 0.2) is 0 Å². The molecule has 0 unspecified atom stereocenters. The van der Waals surface area contributed by atoms with Crippen LogP contribution in [0.2, 0.25) is 0 Å². The van der Waals surface area contributed by atoms with Crippen LogP contribution in [0.5, 0.6) is 0 Å². The Morgan fingerprint density at radius 3 is 2.60 bits per heavy atom. The number of rotatable bonds is 8. The van der Waals surface area contributed by atoms with E-state index >= 15 is 0 Å². The lowest BCUT2D eigenvalue weighted by Crippen LogP contribution is -2.08. The molecule has 1 rings (SSSR count). The van der Waals surface area contributed by atoms with E-state index in [1.54, 1.807) is 19.2 Å². The lowest BCUT2D eigenvalue weighted by atomic mass is 10.1. The highest BCUT2D eigenvalue weighted by atomic mass is 19.1. The minimum Gasteiger partial charge on any atom is -0.384 e. The van der Waals surface area contributed by atoms with Crippen molar-refractivity contribution in [3.63, 3.8) is 0 Å². The van der Waals surface area contributed by atoms with Crippen molar-refractivity contribution in [2.24, 2.45) is 0 Å². The molecule has 20 heavy (non-hydrogen) atoms. The maximum atomic E-state index is 13.7. The van der Waals surface area contributed by atoms with Crippen LogP contribution in [0.4, 0.5) is 4.39 Å². The summed E-state index contributed by atoms with van der Waals surface area (Å²) in [6.07, 6.45) is 0. The summed E-state index contributed by atoms with van der Waals surface area (Å²) < 4.78 is 29.1. The summed E-state index contributed by atoms with van der Waals surface area (Å²) >= 11 is 0. The maximum Gasteiger partial charge on any atom is 0.129 e. The van der Waals surface area contributed by atoms with E-state index in [-0.39, 0.29) is 19.0 Å². The number of hydrogen-bond acceptors (Lipinski definition) is 4. The first-order chi connectivity index (χ1) is 9.77.